The molecule has 0 aromatic heterocycles. The van der Waals surface area contributed by atoms with Crippen LogP contribution in [0.4, 0.5) is 0 Å². The van der Waals surface area contributed by atoms with Crippen molar-refractivity contribution >= 4 is 12.2 Å². The number of hydrogen-bond acceptors (Lipinski definition) is 7. The zero-order valence-electron chi connectivity index (χ0n) is 16.1. The van der Waals surface area contributed by atoms with Crippen molar-refractivity contribution in [1.29, 1.82) is 0 Å². The van der Waals surface area contributed by atoms with Gasteiger partial charge in [0.25, 0.3) is 0 Å². The fourth-order valence-electron chi connectivity index (χ4n) is 1.21. The van der Waals surface area contributed by atoms with Crippen molar-refractivity contribution in [2.45, 2.75) is 33.6 Å². The molecule has 0 heterocycles. The first kappa shape index (κ1) is 28.7. The van der Waals surface area contributed by atoms with E-state index in [1.807, 2.05) is 32.0 Å². The van der Waals surface area contributed by atoms with E-state index < -0.39 is 0 Å². The van der Waals surface area contributed by atoms with Crippen molar-refractivity contribution in [3.05, 3.63) is 35.9 Å². The molecule has 0 aliphatic rings. The Labute approximate surface area is 156 Å². The molecule has 2 N–H and O–H groups in total. The molecule has 26 heavy (non-hydrogen) atoms. The molecule has 0 saturated carbocycles. The summed E-state index contributed by atoms with van der Waals surface area (Å²) in [5.41, 5.74) is 1.32. The molecule has 0 fully saturated rings. The molecule has 1 aromatic rings. The van der Waals surface area contributed by atoms with Crippen LogP contribution < -0.4 is 0 Å². The molecule has 0 amide bonds. The number of carbonyl (C=O) groups excluding carboxylic acids is 2. The highest BCUT2D eigenvalue weighted by Gasteiger charge is 1.83. The smallest absolute Gasteiger partial charge is 0.234 e. The van der Waals surface area contributed by atoms with Crippen molar-refractivity contribution in [2.75, 3.05) is 39.5 Å². The molecule has 0 aliphatic carbocycles. The van der Waals surface area contributed by atoms with E-state index in [4.69, 9.17) is 14.9 Å². The van der Waals surface area contributed by atoms with Gasteiger partial charge in [0, 0.05) is 13.2 Å². The minimum absolute atomic E-state index is 0.125. The summed E-state index contributed by atoms with van der Waals surface area (Å²) < 4.78 is 4.83. The summed E-state index contributed by atoms with van der Waals surface area (Å²) in [6.45, 7) is 8.44. The molecule has 0 unspecified atom stereocenters. The van der Waals surface area contributed by atoms with Crippen molar-refractivity contribution in [3.63, 3.8) is 0 Å². The van der Waals surface area contributed by atoms with Crippen LogP contribution in [0.3, 0.4) is 0 Å². The fraction of sp³-hybridized carbons (Fsp3) is 0.579. The highest BCUT2D eigenvalue weighted by Crippen LogP contribution is 1.92. The molecule has 0 bridgehead atoms. The van der Waals surface area contributed by atoms with Crippen LogP contribution in [0.15, 0.2) is 40.3 Å². The maximum absolute atomic E-state index is 9.52. The second-order valence-electron chi connectivity index (χ2n) is 4.54. The van der Waals surface area contributed by atoms with Crippen LogP contribution in [-0.2, 0) is 14.3 Å². The van der Waals surface area contributed by atoms with Gasteiger partial charge in [-0.2, -0.15) is 0 Å². The second kappa shape index (κ2) is 30.7. The first-order valence-electron chi connectivity index (χ1n) is 8.52. The van der Waals surface area contributed by atoms with Gasteiger partial charge in [-0.05, 0) is 33.6 Å². The third-order valence-corrected chi connectivity index (χ3v) is 2.37. The molecule has 148 valence electrons. The van der Waals surface area contributed by atoms with E-state index in [-0.39, 0.29) is 13.2 Å². The Morgan fingerprint density at radius 2 is 1.31 bits per heavy atom. The van der Waals surface area contributed by atoms with Crippen molar-refractivity contribution < 1.29 is 24.5 Å². The maximum Gasteiger partial charge on any atom is 0.234 e. The summed E-state index contributed by atoms with van der Waals surface area (Å²) >= 11 is 0. The van der Waals surface area contributed by atoms with E-state index >= 15 is 0 Å². The minimum Gasteiger partial charge on any atom is -0.394 e. The highest BCUT2D eigenvalue weighted by molar-refractivity contribution is 5.33. The number of ether oxygens (including phenoxy) is 1. The third kappa shape index (κ3) is 37.8. The largest absolute Gasteiger partial charge is 0.394 e. The van der Waals surface area contributed by atoms with Crippen LogP contribution in [0.1, 0.15) is 32.3 Å². The maximum atomic E-state index is 9.52. The lowest BCUT2D eigenvalue weighted by molar-refractivity contribution is 0.162. The van der Waals surface area contributed by atoms with E-state index in [2.05, 4.69) is 29.0 Å². The zero-order chi connectivity index (χ0) is 20.3. The molecule has 0 aliphatic heterocycles. The monoisotopic (exact) mass is 368 g/mol. The van der Waals surface area contributed by atoms with Crippen LogP contribution >= 0.6 is 0 Å². The van der Waals surface area contributed by atoms with E-state index in [0.717, 1.165) is 26.1 Å². The molecular formula is C19H32N2O5. The van der Waals surface area contributed by atoms with Gasteiger partial charge in [-0.1, -0.05) is 35.9 Å². The molecule has 0 atom stereocenters. The summed E-state index contributed by atoms with van der Waals surface area (Å²) in [6.07, 6.45) is 4.38. The molecule has 1 aromatic carbocycles. The van der Waals surface area contributed by atoms with Crippen LogP contribution in [0.25, 0.3) is 0 Å². The molecule has 0 spiro atoms. The number of isocyanates is 2. The highest BCUT2D eigenvalue weighted by atomic mass is 16.5. The van der Waals surface area contributed by atoms with E-state index in [9.17, 15) is 9.59 Å². The molecule has 7 nitrogen and oxygen atoms in total. The summed E-state index contributed by atoms with van der Waals surface area (Å²) in [5, 5.41) is 15.2. The first-order chi connectivity index (χ1) is 12.6. The summed E-state index contributed by atoms with van der Waals surface area (Å²) in [4.78, 5) is 25.7. The second-order valence-corrected chi connectivity index (χ2v) is 4.54. The molecule has 0 radical (unpaired) electrons. The van der Waals surface area contributed by atoms with E-state index in [1.165, 1.54) is 17.7 Å². The lowest BCUT2D eigenvalue weighted by Crippen LogP contribution is -1.85. The van der Waals surface area contributed by atoms with Gasteiger partial charge in [0.2, 0.25) is 12.2 Å². The van der Waals surface area contributed by atoms with Crippen molar-refractivity contribution in [2.24, 2.45) is 9.98 Å². The Hall–Kier alpha value is -2.14. The molecular weight excluding hydrogens is 336 g/mol. The van der Waals surface area contributed by atoms with Gasteiger partial charge in [0.05, 0.1) is 26.3 Å². The van der Waals surface area contributed by atoms with Crippen LogP contribution in [0.5, 0.6) is 0 Å². The third-order valence-electron chi connectivity index (χ3n) is 2.37. The van der Waals surface area contributed by atoms with Crippen molar-refractivity contribution in [1.82, 2.24) is 0 Å². The number of rotatable bonds is 8. The lowest BCUT2D eigenvalue weighted by Gasteiger charge is -1.87. The van der Waals surface area contributed by atoms with E-state index in [0.29, 0.717) is 13.1 Å². The van der Waals surface area contributed by atoms with Gasteiger partial charge in [-0.15, -0.1) is 0 Å². The topological polar surface area (TPSA) is 109 Å². The lowest BCUT2D eigenvalue weighted by atomic mass is 10.2. The van der Waals surface area contributed by atoms with Gasteiger partial charge in [0.1, 0.15) is 0 Å². The molecule has 1 rings (SSSR count). The Morgan fingerprint density at radius 3 is 1.50 bits per heavy atom. The number of aliphatic hydroxyl groups excluding tert-OH is 2. The predicted octanol–water partition coefficient (Wildman–Crippen LogP) is 2.45. The summed E-state index contributed by atoms with van der Waals surface area (Å²) in [5.74, 6) is 0. The quantitative estimate of drug-likeness (QED) is 0.416. The summed E-state index contributed by atoms with van der Waals surface area (Å²) in [7, 11) is 0. The minimum atomic E-state index is -0.125. The first-order valence-corrected chi connectivity index (χ1v) is 8.52. The Morgan fingerprint density at radius 1 is 0.885 bits per heavy atom. The zero-order valence-corrected chi connectivity index (χ0v) is 16.1. The van der Waals surface area contributed by atoms with Crippen LogP contribution in [-0.4, -0.2) is 61.9 Å². The molecule has 7 heteroatoms. The number of hydrogen-bond donors (Lipinski definition) is 2. The van der Waals surface area contributed by atoms with Crippen molar-refractivity contribution in [3.8, 4) is 0 Å². The number of nitrogens with zero attached hydrogens (tertiary/aromatic N) is 2. The Bertz CT molecular complexity index is 432. The summed E-state index contributed by atoms with van der Waals surface area (Å²) in [6, 6.07) is 10.3. The number of benzene rings is 1. The number of aliphatic hydroxyl groups is 2. The van der Waals surface area contributed by atoms with Crippen LogP contribution in [0, 0.1) is 6.92 Å². The SMILES string of the molecule is CCOCC.Cc1ccccc1.O=C=NCCCCN=C=O.OCCO. The van der Waals surface area contributed by atoms with Crippen LogP contribution in [0.2, 0.25) is 0 Å². The standard InChI is InChI=1S/C7H8.C6H8N2O2.C4H10O.C2H6O2/c1-7-5-3-2-4-6-7;9-5-7-3-1-2-4-8-6-10;1-3-5-4-2;3-1-2-4/h2-6H,1H3;1-4H2;3-4H2,1-2H3;3-4H,1-2H2. The number of aryl methyl sites for hydroxylation is 1. The molecule has 0 saturated heterocycles. The van der Waals surface area contributed by atoms with Gasteiger partial charge in [-0.3, -0.25) is 0 Å². The van der Waals surface area contributed by atoms with Gasteiger partial charge in [0.15, 0.2) is 0 Å². The van der Waals surface area contributed by atoms with Gasteiger partial charge >= 0.3 is 0 Å². The normalized spacial score (nSPS) is 8.04. The Kier molecular flexibility index (Phi) is 33.8. The average Bonchev–Trinajstić information content (AvgIpc) is 2.67. The van der Waals surface area contributed by atoms with Gasteiger partial charge in [-0.25, -0.2) is 19.6 Å². The predicted molar refractivity (Wildman–Crippen MR) is 103 cm³/mol. The number of unbranched alkanes of at least 4 members (excludes halogenated alkanes) is 1. The van der Waals surface area contributed by atoms with E-state index in [1.54, 1.807) is 0 Å². The van der Waals surface area contributed by atoms with Gasteiger partial charge < -0.3 is 14.9 Å². The fourth-order valence-corrected chi connectivity index (χ4v) is 1.21. The number of aliphatic imine (C=N–C) groups is 2. The Balaban J connectivity index is -0.000000289. The average molecular weight is 368 g/mol.